The molecule has 1 unspecified atom stereocenters. The zero-order valence-electron chi connectivity index (χ0n) is 9.23. The second-order valence-corrected chi connectivity index (χ2v) is 5.54. The quantitative estimate of drug-likeness (QED) is 0.916. The highest BCUT2D eigenvalue weighted by Gasteiger charge is 2.22. The number of nitrogens with zero attached hydrogens (tertiary/aromatic N) is 4. The van der Waals surface area contributed by atoms with Gasteiger partial charge in [-0.15, -0.1) is 16.4 Å². The third kappa shape index (κ3) is 1.90. The summed E-state index contributed by atoms with van der Waals surface area (Å²) in [6.07, 6.45) is 0. The van der Waals surface area contributed by atoms with Gasteiger partial charge in [-0.25, -0.2) is 9.67 Å². The number of hydrogen-bond acceptors (Lipinski definition) is 5. The van der Waals surface area contributed by atoms with E-state index in [9.17, 15) is 0 Å². The van der Waals surface area contributed by atoms with Gasteiger partial charge in [0, 0.05) is 7.05 Å². The lowest BCUT2D eigenvalue weighted by molar-refractivity contribution is 0.652. The second kappa shape index (κ2) is 4.23. The first-order valence-electron chi connectivity index (χ1n) is 4.75. The van der Waals surface area contributed by atoms with Crippen molar-refractivity contribution in [2.24, 2.45) is 12.8 Å². The van der Waals surface area contributed by atoms with Crippen molar-refractivity contribution in [3.8, 4) is 0 Å². The predicted molar refractivity (Wildman–Crippen MR) is 66.3 cm³/mol. The summed E-state index contributed by atoms with van der Waals surface area (Å²) in [5.41, 5.74) is 8.06. The summed E-state index contributed by atoms with van der Waals surface area (Å²) in [6, 6.07) is -0.236. The maximum atomic E-state index is 6.22. The molecule has 1 atom stereocenters. The maximum absolute atomic E-state index is 6.22. The van der Waals surface area contributed by atoms with Crippen LogP contribution in [-0.2, 0) is 7.05 Å². The van der Waals surface area contributed by atoms with Crippen molar-refractivity contribution < 1.29 is 0 Å². The van der Waals surface area contributed by atoms with Crippen LogP contribution in [0.4, 0.5) is 0 Å². The molecule has 7 heteroatoms. The zero-order chi connectivity index (χ0) is 11.9. The Balaban J connectivity index is 2.46. The van der Waals surface area contributed by atoms with Crippen LogP contribution >= 0.6 is 27.3 Å². The van der Waals surface area contributed by atoms with Gasteiger partial charge in [0.2, 0.25) is 0 Å². The first-order valence-corrected chi connectivity index (χ1v) is 6.36. The third-order valence-corrected chi connectivity index (χ3v) is 4.06. The molecule has 0 saturated heterocycles. The Labute approximate surface area is 106 Å². The van der Waals surface area contributed by atoms with Gasteiger partial charge in [-0.1, -0.05) is 5.21 Å². The number of thiazole rings is 1. The number of hydrogen-bond donors (Lipinski definition) is 1. The van der Waals surface area contributed by atoms with Gasteiger partial charge in [-0.3, -0.25) is 0 Å². The maximum Gasteiger partial charge on any atom is 0.153 e. The van der Waals surface area contributed by atoms with E-state index in [4.69, 9.17) is 5.73 Å². The first-order chi connectivity index (χ1) is 7.50. The Morgan fingerprint density at radius 1 is 1.44 bits per heavy atom. The molecule has 86 valence electrons. The molecule has 0 fully saturated rings. The van der Waals surface area contributed by atoms with Crippen molar-refractivity contribution >= 4 is 27.3 Å². The van der Waals surface area contributed by atoms with E-state index in [0.29, 0.717) is 4.60 Å². The van der Waals surface area contributed by atoms with E-state index < -0.39 is 0 Å². The van der Waals surface area contributed by atoms with E-state index in [1.807, 2.05) is 20.9 Å². The molecule has 2 N–H and O–H groups in total. The topological polar surface area (TPSA) is 69.6 Å². The number of halogens is 1. The van der Waals surface area contributed by atoms with Gasteiger partial charge in [0.1, 0.15) is 0 Å². The van der Waals surface area contributed by atoms with Gasteiger partial charge in [-0.05, 0) is 29.8 Å². The van der Waals surface area contributed by atoms with E-state index in [2.05, 4.69) is 31.2 Å². The van der Waals surface area contributed by atoms with Gasteiger partial charge in [0.25, 0.3) is 0 Å². The molecule has 2 rings (SSSR count). The van der Waals surface area contributed by atoms with Gasteiger partial charge in [-0.2, -0.15) is 0 Å². The Morgan fingerprint density at radius 3 is 2.56 bits per heavy atom. The average Bonchev–Trinajstić information content (AvgIpc) is 2.70. The van der Waals surface area contributed by atoms with Crippen molar-refractivity contribution in [2.75, 3.05) is 0 Å². The van der Waals surface area contributed by atoms with E-state index in [0.717, 1.165) is 21.3 Å². The molecule has 2 heterocycles. The number of aryl methyl sites for hydroxylation is 3. The summed E-state index contributed by atoms with van der Waals surface area (Å²) < 4.78 is 2.37. The van der Waals surface area contributed by atoms with E-state index in [1.54, 1.807) is 16.0 Å². The van der Waals surface area contributed by atoms with E-state index in [1.165, 1.54) is 0 Å². The molecule has 0 aliphatic heterocycles. The van der Waals surface area contributed by atoms with Crippen LogP contribution in [0.1, 0.15) is 27.3 Å². The van der Waals surface area contributed by atoms with Gasteiger partial charge in [0.05, 0.1) is 27.3 Å². The van der Waals surface area contributed by atoms with E-state index >= 15 is 0 Å². The molecule has 0 saturated carbocycles. The largest absolute Gasteiger partial charge is 0.318 e. The molecule has 0 aliphatic carbocycles. The minimum Gasteiger partial charge on any atom is -0.318 e. The summed E-state index contributed by atoms with van der Waals surface area (Å²) in [4.78, 5) is 5.43. The standard InChI is InChI=1S/C9H12BrN5S/c1-4-8(16-5(2)12-4)6(11)7-9(10)13-14-15(7)3/h6H,11H2,1-3H3. The highest BCUT2D eigenvalue weighted by Crippen LogP contribution is 2.30. The monoisotopic (exact) mass is 301 g/mol. The molecule has 0 aromatic carbocycles. The van der Waals surface area contributed by atoms with Crippen LogP contribution in [0.15, 0.2) is 4.60 Å². The summed E-state index contributed by atoms with van der Waals surface area (Å²) in [5, 5.41) is 8.88. The summed E-state index contributed by atoms with van der Waals surface area (Å²) in [7, 11) is 1.83. The van der Waals surface area contributed by atoms with Crippen molar-refractivity contribution in [3.63, 3.8) is 0 Å². The third-order valence-electron chi connectivity index (χ3n) is 2.34. The predicted octanol–water partition coefficient (Wildman–Crippen LogP) is 1.70. The van der Waals surface area contributed by atoms with Gasteiger partial charge in [0.15, 0.2) is 4.60 Å². The van der Waals surface area contributed by atoms with E-state index in [-0.39, 0.29) is 6.04 Å². The lowest BCUT2D eigenvalue weighted by Gasteiger charge is -2.10. The lowest BCUT2D eigenvalue weighted by atomic mass is 10.2. The second-order valence-electron chi connectivity index (χ2n) is 3.55. The lowest BCUT2D eigenvalue weighted by Crippen LogP contribution is -2.16. The summed E-state index contributed by atoms with van der Waals surface area (Å²) in [6.45, 7) is 3.95. The average molecular weight is 302 g/mol. The molecule has 0 amide bonds. The minimum absolute atomic E-state index is 0.236. The van der Waals surface area contributed by atoms with Crippen LogP contribution in [0.5, 0.6) is 0 Å². The fraction of sp³-hybridized carbons (Fsp3) is 0.444. The number of aromatic nitrogens is 4. The molecule has 0 radical (unpaired) electrons. The fourth-order valence-corrected chi connectivity index (χ4v) is 3.14. The summed E-state index contributed by atoms with van der Waals surface area (Å²) in [5.74, 6) is 0. The van der Waals surface area contributed by atoms with Crippen molar-refractivity contribution in [1.29, 1.82) is 0 Å². The first kappa shape index (κ1) is 11.7. The van der Waals surface area contributed by atoms with Crippen LogP contribution in [-0.4, -0.2) is 20.0 Å². The molecule has 0 spiro atoms. The molecule has 5 nitrogen and oxygen atoms in total. The van der Waals surface area contributed by atoms with Crippen molar-refractivity contribution in [2.45, 2.75) is 19.9 Å². The zero-order valence-corrected chi connectivity index (χ0v) is 11.6. The Bertz CT molecular complexity index is 498. The van der Waals surface area contributed by atoms with Gasteiger partial charge >= 0.3 is 0 Å². The van der Waals surface area contributed by atoms with Crippen LogP contribution in [0.3, 0.4) is 0 Å². The Kier molecular flexibility index (Phi) is 3.09. The van der Waals surface area contributed by atoms with Gasteiger partial charge < -0.3 is 5.73 Å². The molecule has 0 aliphatic rings. The molecule has 2 aromatic rings. The molecule has 0 bridgehead atoms. The molecular weight excluding hydrogens is 290 g/mol. The number of rotatable bonds is 2. The highest BCUT2D eigenvalue weighted by molar-refractivity contribution is 9.10. The van der Waals surface area contributed by atoms with Crippen LogP contribution < -0.4 is 5.73 Å². The molecular formula is C9H12BrN5S. The smallest absolute Gasteiger partial charge is 0.153 e. The van der Waals surface area contributed by atoms with Crippen molar-refractivity contribution in [3.05, 3.63) is 25.9 Å². The Hall–Kier alpha value is -0.790. The fourth-order valence-electron chi connectivity index (χ4n) is 1.63. The van der Waals surface area contributed by atoms with Crippen LogP contribution in [0.2, 0.25) is 0 Å². The normalized spacial score (nSPS) is 13.1. The van der Waals surface area contributed by atoms with Crippen molar-refractivity contribution in [1.82, 2.24) is 20.0 Å². The molecule has 2 aromatic heterocycles. The summed E-state index contributed by atoms with van der Waals surface area (Å²) >= 11 is 4.97. The highest BCUT2D eigenvalue weighted by atomic mass is 79.9. The Morgan fingerprint density at radius 2 is 2.12 bits per heavy atom. The molecule has 16 heavy (non-hydrogen) atoms. The number of nitrogens with two attached hydrogens (primary N) is 1. The van der Waals surface area contributed by atoms with Crippen LogP contribution in [0, 0.1) is 13.8 Å². The minimum atomic E-state index is -0.236. The van der Waals surface area contributed by atoms with Crippen LogP contribution in [0.25, 0.3) is 0 Å². The SMILES string of the molecule is Cc1nc(C)c(C(N)c2c(Br)nnn2C)s1.